The fraction of sp³-hybridized carbons (Fsp3) is 0.579. The molecule has 1 aromatic carbocycles. The first-order valence-electron chi connectivity index (χ1n) is 9.32. The number of Topliss-reactive ketones (excluding diaryl/α,β-unsaturated/α-hetero) is 1. The predicted molar refractivity (Wildman–Crippen MR) is 96.0 cm³/mol. The molecule has 2 aliphatic rings. The molecule has 0 saturated carbocycles. The summed E-state index contributed by atoms with van der Waals surface area (Å²) in [6.07, 6.45) is -3.71. The Kier molecular flexibility index (Phi) is 5.67. The van der Waals surface area contributed by atoms with Crippen LogP contribution in [-0.2, 0) is 16.5 Å². The molecule has 2 heterocycles. The summed E-state index contributed by atoms with van der Waals surface area (Å²) in [7, 11) is 0. The summed E-state index contributed by atoms with van der Waals surface area (Å²) in [5.41, 5.74) is -2.15. The highest BCUT2D eigenvalue weighted by molar-refractivity contribution is 5.92. The zero-order valence-corrected chi connectivity index (χ0v) is 15.6. The summed E-state index contributed by atoms with van der Waals surface area (Å²) in [6.45, 7) is 3.91. The Balaban J connectivity index is 2.08. The van der Waals surface area contributed by atoms with E-state index in [0.717, 1.165) is 43.0 Å². The van der Waals surface area contributed by atoms with Gasteiger partial charge in [-0.15, -0.1) is 0 Å². The van der Waals surface area contributed by atoms with Crippen LogP contribution in [0.25, 0.3) is 0 Å². The van der Waals surface area contributed by atoms with Gasteiger partial charge in [0.15, 0.2) is 5.78 Å². The number of nitrogens with zero attached hydrogens (tertiary/aromatic N) is 2. The van der Waals surface area contributed by atoms with Gasteiger partial charge in [-0.3, -0.25) is 9.69 Å². The summed E-state index contributed by atoms with van der Waals surface area (Å²) >= 11 is 0. The largest absolute Gasteiger partial charge is 0.465 e. The number of ketones is 1. The fourth-order valence-electron chi connectivity index (χ4n) is 4.44. The number of halogens is 3. The third-order valence-corrected chi connectivity index (χ3v) is 5.72. The van der Waals surface area contributed by atoms with E-state index in [4.69, 9.17) is 0 Å². The molecule has 154 valence electrons. The molecule has 1 aromatic rings. The summed E-state index contributed by atoms with van der Waals surface area (Å²) < 4.78 is 38.9. The molecule has 6 nitrogen and oxygen atoms in total. The molecule has 2 fully saturated rings. The van der Waals surface area contributed by atoms with Crippen LogP contribution >= 0.6 is 0 Å². The quantitative estimate of drug-likeness (QED) is 0.814. The molecule has 0 bridgehead atoms. The van der Waals surface area contributed by atoms with Crippen molar-refractivity contribution in [2.45, 2.75) is 37.5 Å². The molecular weight excluding hydrogens is 375 g/mol. The Morgan fingerprint density at radius 3 is 2.29 bits per heavy atom. The third kappa shape index (κ3) is 3.60. The number of carboxylic acid groups (broad SMARTS) is 1. The molecule has 2 unspecified atom stereocenters. The zero-order chi connectivity index (χ0) is 20.5. The maximum Gasteiger partial charge on any atom is 0.416 e. The molecule has 2 atom stereocenters. The lowest BCUT2D eigenvalue weighted by atomic mass is 9.76. The van der Waals surface area contributed by atoms with Crippen molar-refractivity contribution in [3.63, 3.8) is 0 Å². The highest BCUT2D eigenvalue weighted by atomic mass is 19.4. The number of benzene rings is 1. The van der Waals surface area contributed by atoms with Gasteiger partial charge < -0.3 is 15.3 Å². The van der Waals surface area contributed by atoms with E-state index in [0.29, 0.717) is 13.1 Å². The molecule has 28 heavy (non-hydrogen) atoms. The first-order chi connectivity index (χ1) is 13.2. The van der Waals surface area contributed by atoms with Crippen molar-refractivity contribution in [1.82, 2.24) is 15.1 Å². The minimum absolute atomic E-state index is 0.0758. The van der Waals surface area contributed by atoms with Crippen LogP contribution < -0.4 is 5.32 Å². The van der Waals surface area contributed by atoms with Gasteiger partial charge in [0.1, 0.15) is 5.54 Å². The molecule has 2 saturated heterocycles. The first kappa shape index (κ1) is 20.6. The number of alkyl halides is 3. The normalized spacial score (nSPS) is 26.4. The molecule has 0 spiro atoms. The number of hydrogen-bond acceptors (Lipinski definition) is 4. The van der Waals surface area contributed by atoms with E-state index in [1.54, 1.807) is 0 Å². The van der Waals surface area contributed by atoms with Crippen molar-refractivity contribution < 1.29 is 27.9 Å². The average Bonchev–Trinajstić information content (AvgIpc) is 3.13. The third-order valence-electron chi connectivity index (χ3n) is 5.72. The van der Waals surface area contributed by atoms with Crippen molar-refractivity contribution in [3.05, 3.63) is 35.4 Å². The second-order valence-corrected chi connectivity index (χ2v) is 7.35. The van der Waals surface area contributed by atoms with Crippen molar-refractivity contribution in [1.29, 1.82) is 0 Å². The van der Waals surface area contributed by atoms with Crippen molar-refractivity contribution in [3.8, 4) is 0 Å². The Morgan fingerprint density at radius 2 is 1.79 bits per heavy atom. The Morgan fingerprint density at radius 1 is 1.18 bits per heavy atom. The van der Waals surface area contributed by atoms with Gasteiger partial charge in [0, 0.05) is 19.6 Å². The van der Waals surface area contributed by atoms with Crippen LogP contribution in [0.3, 0.4) is 0 Å². The highest BCUT2D eigenvalue weighted by Gasteiger charge is 2.54. The van der Waals surface area contributed by atoms with Gasteiger partial charge in [0.05, 0.1) is 11.6 Å². The van der Waals surface area contributed by atoms with Gasteiger partial charge in [-0.1, -0.05) is 12.1 Å². The lowest BCUT2D eigenvalue weighted by Crippen LogP contribution is -2.71. The Hall–Kier alpha value is -2.13. The van der Waals surface area contributed by atoms with Crippen molar-refractivity contribution in [2.75, 3.05) is 32.7 Å². The van der Waals surface area contributed by atoms with E-state index in [2.05, 4.69) is 10.2 Å². The van der Waals surface area contributed by atoms with Crippen LogP contribution in [0.4, 0.5) is 18.0 Å². The van der Waals surface area contributed by atoms with E-state index >= 15 is 0 Å². The van der Waals surface area contributed by atoms with E-state index in [1.165, 1.54) is 19.1 Å². The maximum absolute atomic E-state index is 13.0. The molecule has 0 aromatic heterocycles. The molecule has 2 N–H and O–H groups in total. The average molecular weight is 399 g/mol. The number of carbonyl (C=O) groups is 2. The Labute approximate surface area is 161 Å². The minimum atomic E-state index is -4.51. The monoisotopic (exact) mass is 399 g/mol. The van der Waals surface area contributed by atoms with Gasteiger partial charge in [-0.2, -0.15) is 13.2 Å². The van der Waals surface area contributed by atoms with Crippen LogP contribution in [0.2, 0.25) is 0 Å². The van der Waals surface area contributed by atoms with Crippen LogP contribution in [0.15, 0.2) is 24.3 Å². The lowest BCUT2D eigenvalue weighted by Gasteiger charge is -2.50. The van der Waals surface area contributed by atoms with Crippen LogP contribution in [0.1, 0.15) is 30.9 Å². The van der Waals surface area contributed by atoms with Gasteiger partial charge in [0.2, 0.25) is 0 Å². The van der Waals surface area contributed by atoms with Crippen LogP contribution in [-0.4, -0.2) is 65.5 Å². The number of amides is 1. The van der Waals surface area contributed by atoms with E-state index < -0.39 is 35.2 Å². The molecule has 0 radical (unpaired) electrons. The van der Waals surface area contributed by atoms with Crippen LogP contribution in [0.5, 0.6) is 0 Å². The van der Waals surface area contributed by atoms with Crippen LogP contribution in [0, 0.1) is 0 Å². The van der Waals surface area contributed by atoms with E-state index in [9.17, 15) is 27.9 Å². The second kappa shape index (κ2) is 7.71. The number of piperazine rings is 1. The molecule has 3 rings (SSSR count). The zero-order valence-electron chi connectivity index (χ0n) is 15.6. The highest BCUT2D eigenvalue weighted by Crippen LogP contribution is 2.38. The van der Waals surface area contributed by atoms with Gasteiger partial charge in [-0.25, -0.2) is 4.79 Å². The van der Waals surface area contributed by atoms with Gasteiger partial charge in [0.25, 0.3) is 0 Å². The standard InChI is InChI=1S/C19H24F3N3O3/c1-13(26)18(14-4-6-15(7-5-14)19(20,21)22)16(12-24-9-2-3-10-24)23-8-11-25(18)17(27)28/h4-7,16,23H,2-3,8-12H2,1H3,(H,27,28). The summed E-state index contributed by atoms with van der Waals surface area (Å²) in [6, 6.07) is 3.71. The summed E-state index contributed by atoms with van der Waals surface area (Å²) in [5.74, 6) is -0.411. The minimum Gasteiger partial charge on any atom is -0.465 e. The number of nitrogens with one attached hydrogen (secondary N) is 1. The smallest absolute Gasteiger partial charge is 0.416 e. The van der Waals surface area contributed by atoms with E-state index in [-0.39, 0.29) is 12.1 Å². The first-order valence-corrected chi connectivity index (χ1v) is 9.32. The summed E-state index contributed by atoms with van der Waals surface area (Å²) in [5, 5.41) is 13.1. The Bertz CT molecular complexity index is 732. The lowest BCUT2D eigenvalue weighted by molar-refractivity contribution is -0.137. The van der Waals surface area contributed by atoms with Crippen molar-refractivity contribution >= 4 is 11.9 Å². The SMILES string of the molecule is CC(=O)C1(c2ccc(C(F)(F)F)cc2)C(CN2CCCC2)NCCN1C(=O)O. The molecule has 1 amide bonds. The topological polar surface area (TPSA) is 72.9 Å². The van der Waals surface area contributed by atoms with Gasteiger partial charge >= 0.3 is 12.3 Å². The van der Waals surface area contributed by atoms with Crippen molar-refractivity contribution in [2.24, 2.45) is 0 Å². The predicted octanol–water partition coefficient (Wildman–Crippen LogP) is 2.54. The second-order valence-electron chi connectivity index (χ2n) is 7.35. The molecule has 9 heteroatoms. The maximum atomic E-state index is 13.0. The number of carbonyl (C=O) groups excluding carboxylic acids is 1. The van der Waals surface area contributed by atoms with Gasteiger partial charge in [-0.05, 0) is 50.6 Å². The summed E-state index contributed by atoms with van der Waals surface area (Å²) in [4.78, 5) is 28.2. The number of rotatable bonds is 4. The molecule has 2 aliphatic heterocycles. The number of hydrogen-bond donors (Lipinski definition) is 2. The molecule has 0 aliphatic carbocycles. The molecular formula is C19H24F3N3O3. The number of likely N-dealkylation sites (tertiary alicyclic amines) is 1. The fourth-order valence-corrected chi connectivity index (χ4v) is 4.44. The van der Waals surface area contributed by atoms with E-state index in [1.807, 2.05) is 0 Å².